The summed E-state index contributed by atoms with van der Waals surface area (Å²) in [4.78, 5) is 34.7. The molecule has 0 spiro atoms. The molecule has 3 heterocycles. The highest BCUT2D eigenvalue weighted by atomic mass is 32.1. The van der Waals surface area contributed by atoms with E-state index < -0.39 is 5.54 Å². The van der Waals surface area contributed by atoms with Crippen LogP contribution in [-0.4, -0.2) is 46.5 Å². The molecule has 0 bridgehead atoms. The van der Waals surface area contributed by atoms with Crippen molar-refractivity contribution in [3.63, 3.8) is 0 Å². The van der Waals surface area contributed by atoms with E-state index in [1.54, 1.807) is 18.3 Å². The van der Waals surface area contributed by atoms with Crippen molar-refractivity contribution >= 4 is 44.3 Å². The maximum absolute atomic E-state index is 13.4. The highest BCUT2D eigenvalue weighted by Crippen LogP contribution is 2.35. The summed E-state index contributed by atoms with van der Waals surface area (Å²) in [5.41, 5.74) is 0.819. The highest BCUT2D eigenvalue weighted by Gasteiger charge is 2.49. The number of para-hydroxylation sites is 1. The maximum Gasteiger partial charge on any atom is 0.326 e. The Morgan fingerprint density at radius 2 is 1.74 bits per heavy atom. The van der Waals surface area contributed by atoms with Gasteiger partial charge in [0.25, 0.3) is 5.91 Å². The van der Waals surface area contributed by atoms with Gasteiger partial charge in [-0.25, -0.2) is 14.7 Å². The summed E-state index contributed by atoms with van der Waals surface area (Å²) in [6.07, 6.45) is 1.96. The average molecular weight is 471 g/mol. The van der Waals surface area contributed by atoms with E-state index in [2.05, 4.69) is 28.4 Å². The predicted molar refractivity (Wildman–Crippen MR) is 135 cm³/mol. The molecule has 2 fully saturated rings. The molecule has 172 valence electrons. The van der Waals surface area contributed by atoms with Gasteiger partial charge >= 0.3 is 6.03 Å². The second kappa shape index (κ2) is 8.18. The molecule has 34 heavy (non-hydrogen) atoms. The molecule has 3 amide bonds. The SMILES string of the molecule is CC1(c2ccc3ccccc3c2)NC(=O)N(CN2CCC(c3nc4ccccc4s3)CC2)C1=O. The molecule has 1 unspecified atom stereocenters. The zero-order valence-electron chi connectivity index (χ0n) is 19.0. The summed E-state index contributed by atoms with van der Waals surface area (Å²) < 4.78 is 1.23. The number of urea groups is 1. The van der Waals surface area contributed by atoms with Gasteiger partial charge in [0.05, 0.1) is 21.9 Å². The minimum Gasteiger partial charge on any atom is -0.319 e. The molecule has 6 nitrogen and oxygen atoms in total. The fourth-order valence-corrected chi connectivity index (χ4v) is 6.24. The zero-order valence-corrected chi connectivity index (χ0v) is 19.8. The summed E-state index contributed by atoms with van der Waals surface area (Å²) in [5.74, 6) is 0.237. The van der Waals surface area contributed by atoms with E-state index >= 15 is 0 Å². The summed E-state index contributed by atoms with van der Waals surface area (Å²) in [6, 6.07) is 21.9. The second-order valence-electron chi connectivity index (χ2n) is 9.40. The van der Waals surface area contributed by atoms with Crippen molar-refractivity contribution in [1.29, 1.82) is 0 Å². The topological polar surface area (TPSA) is 65.5 Å². The summed E-state index contributed by atoms with van der Waals surface area (Å²) in [5, 5.41) is 6.31. The molecule has 6 rings (SSSR count). The van der Waals surface area contributed by atoms with Gasteiger partial charge in [0, 0.05) is 19.0 Å². The van der Waals surface area contributed by atoms with E-state index in [1.807, 2.05) is 48.5 Å². The van der Waals surface area contributed by atoms with E-state index in [4.69, 9.17) is 4.98 Å². The largest absolute Gasteiger partial charge is 0.326 e. The van der Waals surface area contributed by atoms with Crippen molar-refractivity contribution in [2.24, 2.45) is 0 Å². The Balaban J connectivity index is 1.14. The summed E-state index contributed by atoms with van der Waals surface area (Å²) in [7, 11) is 0. The number of nitrogens with zero attached hydrogens (tertiary/aromatic N) is 3. The van der Waals surface area contributed by atoms with Gasteiger partial charge in [-0.3, -0.25) is 9.69 Å². The molecule has 1 N–H and O–H groups in total. The van der Waals surface area contributed by atoms with Crippen LogP contribution in [0.1, 0.15) is 36.3 Å². The van der Waals surface area contributed by atoms with Gasteiger partial charge in [-0.05, 0) is 54.3 Å². The first-order valence-corrected chi connectivity index (χ1v) is 12.5. The van der Waals surface area contributed by atoms with Crippen LogP contribution in [-0.2, 0) is 10.3 Å². The van der Waals surface area contributed by atoms with Crippen LogP contribution in [0, 0.1) is 0 Å². The van der Waals surface area contributed by atoms with Crippen LogP contribution in [0.2, 0.25) is 0 Å². The van der Waals surface area contributed by atoms with Gasteiger partial charge in [0.1, 0.15) is 5.54 Å². The monoisotopic (exact) mass is 470 g/mol. The van der Waals surface area contributed by atoms with E-state index in [1.165, 1.54) is 14.6 Å². The molecule has 2 aliphatic rings. The molecule has 2 saturated heterocycles. The fourth-order valence-electron chi connectivity index (χ4n) is 5.11. The van der Waals surface area contributed by atoms with Crippen LogP contribution < -0.4 is 5.32 Å². The number of aromatic nitrogens is 1. The minimum atomic E-state index is -1.06. The molecule has 4 aromatic rings. The Labute approximate surface area is 202 Å². The lowest BCUT2D eigenvalue weighted by atomic mass is 9.90. The molecule has 0 radical (unpaired) electrons. The first-order chi connectivity index (χ1) is 16.5. The number of benzene rings is 3. The van der Waals surface area contributed by atoms with Gasteiger partial charge in [0.2, 0.25) is 0 Å². The molecular weight excluding hydrogens is 444 g/mol. The van der Waals surface area contributed by atoms with Gasteiger partial charge < -0.3 is 5.32 Å². The van der Waals surface area contributed by atoms with Crippen LogP contribution >= 0.6 is 11.3 Å². The normalized spacial score (nSPS) is 22.1. The number of nitrogens with one attached hydrogen (secondary N) is 1. The van der Waals surface area contributed by atoms with Gasteiger partial charge in [-0.2, -0.15) is 0 Å². The number of imide groups is 1. The number of hydrogen-bond acceptors (Lipinski definition) is 5. The molecule has 0 aliphatic carbocycles. The molecule has 0 saturated carbocycles. The number of hydrogen-bond donors (Lipinski definition) is 1. The Morgan fingerprint density at radius 1 is 1.00 bits per heavy atom. The molecule has 1 aromatic heterocycles. The van der Waals surface area contributed by atoms with Crippen LogP contribution in [0.25, 0.3) is 21.0 Å². The molecular formula is C27H26N4O2S. The maximum atomic E-state index is 13.4. The standard InChI is InChI=1S/C27H26N4O2S/c1-27(21-11-10-18-6-2-3-7-20(18)16-21)25(32)31(26(33)29-27)17-30-14-12-19(13-15-30)24-28-22-8-4-5-9-23(22)34-24/h2-11,16,19H,12-15,17H2,1H3,(H,29,33). The fraction of sp³-hybridized carbons (Fsp3) is 0.296. The van der Waals surface area contributed by atoms with E-state index in [9.17, 15) is 9.59 Å². The van der Waals surface area contributed by atoms with E-state index in [-0.39, 0.29) is 11.9 Å². The van der Waals surface area contributed by atoms with Crippen LogP contribution in [0.3, 0.4) is 0 Å². The van der Waals surface area contributed by atoms with Crippen LogP contribution in [0.5, 0.6) is 0 Å². The van der Waals surface area contributed by atoms with Crippen molar-refractivity contribution in [1.82, 2.24) is 20.1 Å². The average Bonchev–Trinajstić information content (AvgIpc) is 3.39. The van der Waals surface area contributed by atoms with Gasteiger partial charge in [-0.15, -0.1) is 11.3 Å². The van der Waals surface area contributed by atoms with Crippen molar-refractivity contribution in [2.75, 3.05) is 19.8 Å². The lowest BCUT2D eigenvalue weighted by molar-refractivity contribution is -0.132. The Kier molecular flexibility index (Phi) is 5.12. The highest BCUT2D eigenvalue weighted by molar-refractivity contribution is 7.18. The van der Waals surface area contributed by atoms with Crippen molar-refractivity contribution in [3.8, 4) is 0 Å². The first-order valence-electron chi connectivity index (χ1n) is 11.7. The summed E-state index contributed by atoms with van der Waals surface area (Å²) >= 11 is 1.78. The predicted octanol–water partition coefficient (Wildman–Crippen LogP) is 5.05. The van der Waals surface area contributed by atoms with Gasteiger partial charge in [0.15, 0.2) is 0 Å². The van der Waals surface area contributed by atoms with Crippen LogP contribution in [0.4, 0.5) is 4.79 Å². The quantitative estimate of drug-likeness (QED) is 0.424. The molecule has 2 aliphatic heterocycles. The van der Waals surface area contributed by atoms with Crippen LogP contribution in [0.15, 0.2) is 66.7 Å². The molecule has 7 heteroatoms. The summed E-state index contributed by atoms with van der Waals surface area (Å²) in [6.45, 7) is 3.80. The first kappa shape index (κ1) is 21.3. The Bertz CT molecular complexity index is 1380. The zero-order chi connectivity index (χ0) is 23.3. The van der Waals surface area contributed by atoms with Gasteiger partial charge in [-0.1, -0.05) is 48.5 Å². The number of likely N-dealkylation sites (tertiary alicyclic amines) is 1. The number of amides is 3. The van der Waals surface area contributed by atoms with Crippen molar-refractivity contribution in [3.05, 3.63) is 77.3 Å². The lowest BCUT2D eigenvalue weighted by Crippen LogP contribution is -2.46. The molecule has 1 atom stereocenters. The third-order valence-corrected chi connectivity index (χ3v) is 8.39. The smallest absolute Gasteiger partial charge is 0.319 e. The third kappa shape index (κ3) is 3.56. The van der Waals surface area contributed by atoms with Crippen molar-refractivity contribution < 1.29 is 9.59 Å². The second-order valence-corrected chi connectivity index (χ2v) is 10.5. The number of carbonyl (C=O) groups is 2. The number of fused-ring (bicyclic) bond motifs is 2. The molecule has 3 aromatic carbocycles. The minimum absolute atomic E-state index is 0.193. The Morgan fingerprint density at radius 3 is 2.53 bits per heavy atom. The number of thiazole rings is 1. The third-order valence-electron chi connectivity index (χ3n) is 7.19. The number of piperidine rings is 1. The Hall–Kier alpha value is -3.29. The number of rotatable bonds is 4. The lowest BCUT2D eigenvalue weighted by Gasteiger charge is -2.33. The van der Waals surface area contributed by atoms with Crippen molar-refractivity contribution in [2.45, 2.75) is 31.2 Å². The van der Waals surface area contributed by atoms with E-state index in [0.717, 1.165) is 47.8 Å². The number of carbonyl (C=O) groups excluding carboxylic acids is 2. The van der Waals surface area contributed by atoms with E-state index in [0.29, 0.717) is 12.6 Å².